The van der Waals surface area contributed by atoms with Crippen LogP contribution >= 0.6 is 0 Å². The molecular weight excluding hydrogens is 168 g/mol. The third-order valence-electron chi connectivity index (χ3n) is 1.84. The molecule has 1 saturated heterocycles. The smallest absolute Gasteiger partial charge is 0.350 e. The summed E-state index contributed by atoms with van der Waals surface area (Å²) < 4.78 is 4.75. The molecule has 1 fully saturated rings. The van der Waals surface area contributed by atoms with E-state index in [1.165, 1.54) is 0 Å². The van der Waals surface area contributed by atoms with Crippen molar-refractivity contribution in [2.75, 3.05) is 13.2 Å². The Labute approximate surface area is 77.2 Å². The fraction of sp³-hybridized carbons (Fsp3) is 0.556. The minimum atomic E-state index is -0.519. The summed E-state index contributed by atoms with van der Waals surface area (Å²) >= 11 is 0. The quantitative estimate of drug-likeness (QED) is 0.386. The molecule has 0 spiro atoms. The van der Waals surface area contributed by atoms with Crippen LogP contribution in [0.4, 0.5) is 0 Å². The number of carbonyl (C=O) groups is 1. The van der Waals surface area contributed by atoms with Gasteiger partial charge in [0.05, 0.1) is 6.61 Å². The van der Waals surface area contributed by atoms with Gasteiger partial charge in [0.25, 0.3) is 0 Å². The maximum atomic E-state index is 11.2. The molecule has 0 bridgehead atoms. The molecule has 0 radical (unpaired) electrons. The van der Waals surface area contributed by atoms with Gasteiger partial charge in [-0.3, -0.25) is 0 Å². The molecule has 0 amide bonds. The van der Waals surface area contributed by atoms with Crippen molar-refractivity contribution in [1.29, 1.82) is 5.26 Å². The molecule has 1 rings (SSSR count). The number of hydrogen-bond acceptors (Lipinski definition) is 4. The zero-order chi connectivity index (χ0) is 9.68. The minimum Gasteiger partial charge on any atom is -0.462 e. The second-order valence-corrected chi connectivity index (χ2v) is 2.72. The Balaban J connectivity index is 2.77. The molecule has 0 aromatic heterocycles. The van der Waals surface area contributed by atoms with E-state index < -0.39 is 5.97 Å². The van der Waals surface area contributed by atoms with E-state index in [1.807, 2.05) is 6.07 Å². The summed E-state index contributed by atoms with van der Waals surface area (Å²) in [4.78, 5) is 11.2. The van der Waals surface area contributed by atoms with Crippen molar-refractivity contribution < 1.29 is 9.53 Å². The van der Waals surface area contributed by atoms with E-state index in [9.17, 15) is 4.79 Å². The van der Waals surface area contributed by atoms with E-state index in [4.69, 9.17) is 10.00 Å². The van der Waals surface area contributed by atoms with Crippen LogP contribution in [-0.4, -0.2) is 19.1 Å². The molecule has 13 heavy (non-hydrogen) atoms. The number of ether oxygens (including phenoxy) is 1. The Bertz CT molecular complexity index is 268. The van der Waals surface area contributed by atoms with Crippen molar-refractivity contribution in [3.63, 3.8) is 0 Å². The van der Waals surface area contributed by atoms with E-state index in [2.05, 4.69) is 5.32 Å². The summed E-state index contributed by atoms with van der Waals surface area (Å²) in [5.41, 5.74) is 0.848. The van der Waals surface area contributed by atoms with Gasteiger partial charge < -0.3 is 10.1 Å². The standard InChI is InChI=1S/C9H12N2O2/c1-2-13-9(12)7(6-10)8-4-3-5-11-8/h11H,2-5H2,1H3/b8-7-. The van der Waals surface area contributed by atoms with Crippen LogP contribution in [0.5, 0.6) is 0 Å². The molecule has 1 aliphatic rings. The zero-order valence-electron chi connectivity index (χ0n) is 7.59. The summed E-state index contributed by atoms with van der Waals surface area (Å²) in [6.07, 6.45) is 1.74. The van der Waals surface area contributed by atoms with Crippen molar-refractivity contribution >= 4 is 5.97 Å². The lowest BCUT2D eigenvalue weighted by molar-refractivity contribution is -0.138. The summed E-state index contributed by atoms with van der Waals surface area (Å²) in [6, 6.07) is 1.87. The van der Waals surface area contributed by atoms with E-state index in [-0.39, 0.29) is 5.57 Å². The second kappa shape index (κ2) is 4.51. The molecule has 0 saturated carbocycles. The van der Waals surface area contributed by atoms with Crippen LogP contribution in [0.2, 0.25) is 0 Å². The molecule has 0 aromatic rings. The summed E-state index contributed by atoms with van der Waals surface area (Å²) in [5.74, 6) is -0.519. The number of hydrogen-bond donors (Lipinski definition) is 1. The summed E-state index contributed by atoms with van der Waals surface area (Å²) in [6.45, 7) is 2.86. The first-order chi connectivity index (χ1) is 6.29. The third-order valence-corrected chi connectivity index (χ3v) is 1.84. The van der Waals surface area contributed by atoms with Gasteiger partial charge in [-0.15, -0.1) is 0 Å². The lowest BCUT2D eigenvalue weighted by Gasteiger charge is -2.03. The Morgan fingerprint density at radius 3 is 3.00 bits per heavy atom. The van der Waals surface area contributed by atoms with Crippen LogP contribution in [0.25, 0.3) is 0 Å². The van der Waals surface area contributed by atoms with Crippen LogP contribution < -0.4 is 5.32 Å². The van der Waals surface area contributed by atoms with Crippen LogP contribution in [0, 0.1) is 11.3 Å². The van der Waals surface area contributed by atoms with Gasteiger partial charge in [-0.25, -0.2) is 4.79 Å². The van der Waals surface area contributed by atoms with Crippen molar-refractivity contribution in [1.82, 2.24) is 5.32 Å². The van der Waals surface area contributed by atoms with Gasteiger partial charge in [0.15, 0.2) is 5.57 Å². The monoisotopic (exact) mass is 180 g/mol. The Kier molecular flexibility index (Phi) is 3.32. The molecule has 1 heterocycles. The number of nitrogens with zero attached hydrogens (tertiary/aromatic N) is 1. The van der Waals surface area contributed by atoms with Gasteiger partial charge in [0, 0.05) is 12.2 Å². The van der Waals surface area contributed by atoms with Crippen molar-refractivity contribution in [3.05, 3.63) is 11.3 Å². The normalized spacial score (nSPS) is 18.8. The fourth-order valence-corrected chi connectivity index (χ4v) is 1.25. The summed E-state index contributed by atoms with van der Waals surface area (Å²) in [5, 5.41) is 11.7. The van der Waals surface area contributed by atoms with E-state index in [0.717, 1.165) is 25.1 Å². The highest BCUT2D eigenvalue weighted by Crippen LogP contribution is 2.14. The van der Waals surface area contributed by atoms with E-state index in [0.29, 0.717) is 6.61 Å². The average Bonchev–Trinajstić information content (AvgIpc) is 2.59. The zero-order valence-corrected chi connectivity index (χ0v) is 7.59. The number of nitrogens with one attached hydrogen (secondary N) is 1. The van der Waals surface area contributed by atoms with Crippen molar-refractivity contribution in [2.24, 2.45) is 0 Å². The number of esters is 1. The first kappa shape index (κ1) is 9.59. The highest BCUT2D eigenvalue weighted by Gasteiger charge is 2.18. The minimum absolute atomic E-state index is 0.124. The third kappa shape index (κ3) is 2.22. The molecule has 0 aliphatic carbocycles. The van der Waals surface area contributed by atoms with E-state index >= 15 is 0 Å². The average molecular weight is 180 g/mol. The number of rotatable bonds is 2. The lowest BCUT2D eigenvalue weighted by Crippen LogP contribution is -2.14. The second-order valence-electron chi connectivity index (χ2n) is 2.72. The van der Waals surface area contributed by atoms with Crippen molar-refractivity contribution in [2.45, 2.75) is 19.8 Å². The molecule has 4 heteroatoms. The van der Waals surface area contributed by atoms with Crippen LogP contribution in [0.1, 0.15) is 19.8 Å². The molecule has 1 aliphatic heterocycles. The summed E-state index contributed by atoms with van der Waals surface area (Å²) in [7, 11) is 0. The van der Waals surface area contributed by atoms with Gasteiger partial charge in [-0.2, -0.15) is 5.26 Å². The largest absolute Gasteiger partial charge is 0.462 e. The van der Waals surface area contributed by atoms with Gasteiger partial charge in [-0.1, -0.05) is 0 Å². The van der Waals surface area contributed by atoms with Gasteiger partial charge in [-0.05, 0) is 19.8 Å². The molecular formula is C9H12N2O2. The maximum absolute atomic E-state index is 11.2. The molecule has 0 atom stereocenters. The molecule has 1 N–H and O–H groups in total. The van der Waals surface area contributed by atoms with Crippen LogP contribution in [-0.2, 0) is 9.53 Å². The Morgan fingerprint density at radius 1 is 1.77 bits per heavy atom. The highest BCUT2D eigenvalue weighted by atomic mass is 16.5. The van der Waals surface area contributed by atoms with Crippen LogP contribution in [0.15, 0.2) is 11.3 Å². The van der Waals surface area contributed by atoms with Crippen LogP contribution in [0.3, 0.4) is 0 Å². The first-order valence-corrected chi connectivity index (χ1v) is 4.33. The molecule has 4 nitrogen and oxygen atoms in total. The molecule has 0 unspecified atom stereocenters. The SMILES string of the molecule is CCOC(=O)/C(C#N)=C1/CCCN1. The maximum Gasteiger partial charge on any atom is 0.350 e. The Morgan fingerprint density at radius 2 is 2.54 bits per heavy atom. The van der Waals surface area contributed by atoms with Crippen molar-refractivity contribution in [3.8, 4) is 6.07 Å². The number of nitriles is 1. The number of allylic oxidation sites excluding steroid dienone is 1. The first-order valence-electron chi connectivity index (χ1n) is 4.33. The van der Waals surface area contributed by atoms with E-state index in [1.54, 1.807) is 6.92 Å². The molecule has 70 valence electrons. The van der Waals surface area contributed by atoms with Gasteiger partial charge in [0.2, 0.25) is 0 Å². The Hall–Kier alpha value is -1.50. The lowest BCUT2D eigenvalue weighted by atomic mass is 10.2. The topological polar surface area (TPSA) is 62.1 Å². The predicted octanol–water partition coefficient (Wildman–Crippen LogP) is 0.711. The fourth-order valence-electron chi connectivity index (χ4n) is 1.25. The molecule has 0 aromatic carbocycles. The number of carbonyl (C=O) groups excluding carboxylic acids is 1. The van der Waals surface area contributed by atoms with Gasteiger partial charge >= 0.3 is 5.97 Å². The predicted molar refractivity (Wildman–Crippen MR) is 46.5 cm³/mol. The highest BCUT2D eigenvalue weighted by molar-refractivity contribution is 5.93. The van der Waals surface area contributed by atoms with Gasteiger partial charge in [0.1, 0.15) is 6.07 Å².